The molecule has 1 fully saturated rings. The van der Waals surface area contributed by atoms with Gasteiger partial charge in [-0.2, -0.15) is 0 Å². The molecule has 1 amide bonds. The molecule has 3 rings (SSSR count). The second kappa shape index (κ2) is 8.31. The molecule has 0 bridgehead atoms. The van der Waals surface area contributed by atoms with Crippen LogP contribution in [0.25, 0.3) is 0 Å². The van der Waals surface area contributed by atoms with Crippen molar-refractivity contribution in [1.29, 1.82) is 0 Å². The number of carbonyl (C=O) groups excluding carboxylic acids is 3. The van der Waals surface area contributed by atoms with E-state index in [1.165, 1.54) is 0 Å². The van der Waals surface area contributed by atoms with Crippen LogP contribution >= 0.6 is 0 Å². The van der Waals surface area contributed by atoms with Crippen molar-refractivity contribution in [1.82, 2.24) is 0 Å². The fourth-order valence-corrected chi connectivity index (χ4v) is 3.37. The molecule has 2 aromatic rings. The van der Waals surface area contributed by atoms with E-state index < -0.39 is 23.6 Å². The molecule has 1 aliphatic heterocycles. The summed E-state index contributed by atoms with van der Waals surface area (Å²) in [6.45, 7) is 7.25. The van der Waals surface area contributed by atoms with Crippen LogP contribution in [0, 0.1) is 0 Å². The van der Waals surface area contributed by atoms with Gasteiger partial charge in [0.05, 0.1) is 17.5 Å². The van der Waals surface area contributed by atoms with E-state index in [-0.39, 0.29) is 18.9 Å². The Kier molecular flexibility index (Phi) is 5.82. The van der Waals surface area contributed by atoms with E-state index in [0.29, 0.717) is 11.3 Å². The minimum absolute atomic E-state index is 0.0907. The van der Waals surface area contributed by atoms with Crippen LogP contribution in [-0.4, -0.2) is 29.5 Å². The highest BCUT2D eigenvalue weighted by molar-refractivity contribution is 5.99. The summed E-state index contributed by atoms with van der Waals surface area (Å²) < 4.78 is 10.7. The lowest BCUT2D eigenvalue weighted by Gasteiger charge is -2.35. The summed E-state index contributed by atoms with van der Waals surface area (Å²) in [5.74, 6) is -1.16. The van der Waals surface area contributed by atoms with Crippen LogP contribution in [0.15, 0.2) is 67.3 Å². The summed E-state index contributed by atoms with van der Waals surface area (Å²) in [6, 6.07) is 16.0. The highest BCUT2D eigenvalue weighted by Gasteiger charge is 2.49. The third-order valence-electron chi connectivity index (χ3n) is 4.97. The van der Waals surface area contributed by atoms with E-state index >= 15 is 0 Å². The molecule has 0 aromatic heterocycles. The molecule has 0 unspecified atom stereocenters. The number of esters is 2. The van der Waals surface area contributed by atoms with Crippen molar-refractivity contribution in [2.24, 2.45) is 0 Å². The van der Waals surface area contributed by atoms with Crippen LogP contribution in [0.1, 0.15) is 36.2 Å². The van der Waals surface area contributed by atoms with Gasteiger partial charge in [0.15, 0.2) is 0 Å². The van der Waals surface area contributed by atoms with Gasteiger partial charge in [-0.15, -0.1) is 0 Å². The first-order valence-electron chi connectivity index (χ1n) is 9.30. The van der Waals surface area contributed by atoms with E-state index in [4.69, 9.17) is 9.47 Å². The van der Waals surface area contributed by atoms with E-state index in [2.05, 4.69) is 6.58 Å². The van der Waals surface area contributed by atoms with Crippen LogP contribution in [0.5, 0.6) is 0 Å². The van der Waals surface area contributed by atoms with E-state index in [1.54, 1.807) is 29.2 Å². The van der Waals surface area contributed by atoms with Gasteiger partial charge in [-0.1, -0.05) is 36.9 Å². The largest absolute Gasteiger partial charge is 0.457 e. The van der Waals surface area contributed by atoms with Crippen molar-refractivity contribution >= 4 is 23.5 Å². The number of rotatable bonds is 6. The summed E-state index contributed by atoms with van der Waals surface area (Å²) in [5.41, 5.74) is 1.19. The summed E-state index contributed by atoms with van der Waals surface area (Å²) in [5, 5.41) is 0. The molecule has 0 saturated carbocycles. The fourth-order valence-electron chi connectivity index (χ4n) is 3.37. The standard InChI is InChI=1S/C23H23NO5/c1-4-21(26)29-19-14-20(25)24(23(19,2)3)18-12-10-17(11-13-18)22(27)28-15-16-8-6-5-7-9-16/h4-13,19H,1,14-15H2,2-3H3/t19-/m0/s1. The maximum absolute atomic E-state index is 12.6. The average molecular weight is 393 g/mol. The predicted molar refractivity (Wildman–Crippen MR) is 108 cm³/mol. The zero-order valence-electron chi connectivity index (χ0n) is 16.5. The number of anilines is 1. The van der Waals surface area contributed by atoms with Gasteiger partial charge < -0.3 is 14.4 Å². The monoisotopic (exact) mass is 393 g/mol. The van der Waals surface area contributed by atoms with Crippen LogP contribution in [0.2, 0.25) is 0 Å². The normalized spacial score (nSPS) is 17.7. The van der Waals surface area contributed by atoms with Gasteiger partial charge in [0.2, 0.25) is 5.91 Å². The first-order chi connectivity index (χ1) is 13.8. The van der Waals surface area contributed by atoms with Crippen molar-refractivity contribution in [3.63, 3.8) is 0 Å². The Morgan fingerprint density at radius 1 is 1.14 bits per heavy atom. The van der Waals surface area contributed by atoms with Crippen molar-refractivity contribution in [2.45, 2.75) is 38.5 Å². The predicted octanol–water partition coefficient (Wildman–Crippen LogP) is 3.66. The molecular weight excluding hydrogens is 370 g/mol. The van der Waals surface area contributed by atoms with Gasteiger partial charge in [-0.05, 0) is 43.7 Å². The molecule has 1 heterocycles. The number of ether oxygens (including phenoxy) is 2. The number of hydrogen-bond donors (Lipinski definition) is 0. The average Bonchev–Trinajstić information content (AvgIpc) is 2.94. The van der Waals surface area contributed by atoms with E-state index in [0.717, 1.165) is 11.6 Å². The number of amides is 1. The zero-order valence-corrected chi connectivity index (χ0v) is 16.5. The van der Waals surface area contributed by atoms with E-state index in [9.17, 15) is 14.4 Å². The van der Waals surface area contributed by atoms with Gasteiger partial charge >= 0.3 is 11.9 Å². The summed E-state index contributed by atoms with van der Waals surface area (Å²) >= 11 is 0. The molecule has 0 aliphatic carbocycles. The van der Waals surface area contributed by atoms with Gasteiger partial charge in [-0.25, -0.2) is 9.59 Å². The number of hydrogen-bond acceptors (Lipinski definition) is 5. The summed E-state index contributed by atoms with van der Waals surface area (Å²) in [6.07, 6.45) is 0.586. The quantitative estimate of drug-likeness (QED) is 0.553. The van der Waals surface area contributed by atoms with Crippen molar-refractivity contribution in [2.75, 3.05) is 4.90 Å². The Hall–Kier alpha value is -3.41. The Labute approximate surface area is 169 Å². The minimum atomic E-state index is -0.731. The Bertz CT molecular complexity index is 918. The fraction of sp³-hybridized carbons (Fsp3) is 0.261. The van der Waals surface area contributed by atoms with Crippen molar-refractivity contribution in [3.8, 4) is 0 Å². The lowest BCUT2D eigenvalue weighted by Crippen LogP contribution is -2.47. The third-order valence-corrected chi connectivity index (χ3v) is 4.97. The summed E-state index contributed by atoms with van der Waals surface area (Å²) in [7, 11) is 0. The highest BCUT2D eigenvalue weighted by Crippen LogP contribution is 2.36. The molecule has 1 aliphatic rings. The molecule has 6 heteroatoms. The second-order valence-corrected chi connectivity index (χ2v) is 7.33. The third kappa shape index (κ3) is 4.37. The Morgan fingerprint density at radius 3 is 2.41 bits per heavy atom. The van der Waals surface area contributed by atoms with Crippen LogP contribution < -0.4 is 4.90 Å². The molecule has 2 aromatic carbocycles. The molecule has 1 saturated heterocycles. The maximum Gasteiger partial charge on any atom is 0.338 e. The van der Waals surface area contributed by atoms with Crippen LogP contribution in [0.4, 0.5) is 5.69 Å². The molecule has 1 atom stereocenters. The SMILES string of the molecule is C=CC(=O)O[C@H]1CC(=O)N(c2ccc(C(=O)OCc3ccccc3)cc2)C1(C)C. The summed E-state index contributed by atoms with van der Waals surface area (Å²) in [4.78, 5) is 38.0. The van der Waals surface area contributed by atoms with Gasteiger partial charge in [0.25, 0.3) is 0 Å². The van der Waals surface area contributed by atoms with Gasteiger partial charge in [0.1, 0.15) is 12.7 Å². The van der Waals surface area contributed by atoms with Crippen LogP contribution in [0.3, 0.4) is 0 Å². The van der Waals surface area contributed by atoms with Gasteiger partial charge in [-0.3, -0.25) is 4.79 Å². The first-order valence-corrected chi connectivity index (χ1v) is 9.30. The van der Waals surface area contributed by atoms with Crippen molar-refractivity contribution < 1.29 is 23.9 Å². The minimum Gasteiger partial charge on any atom is -0.457 e. The Morgan fingerprint density at radius 2 is 1.79 bits per heavy atom. The zero-order chi connectivity index (χ0) is 21.0. The van der Waals surface area contributed by atoms with Crippen LogP contribution in [-0.2, 0) is 25.7 Å². The lowest BCUT2D eigenvalue weighted by atomic mass is 9.97. The molecule has 0 radical (unpaired) electrons. The highest BCUT2D eigenvalue weighted by atomic mass is 16.5. The molecule has 0 N–H and O–H groups in total. The maximum atomic E-state index is 12.6. The van der Waals surface area contributed by atoms with Gasteiger partial charge in [0, 0.05) is 11.8 Å². The Balaban J connectivity index is 1.70. The molecular formula is C23H23NO5. The number of benzene rings is 2. The molecule has 0 spiro atoms. The smallest absolute Gasteiger partial charge is 0.338 e. The first kappa shape index (κ1) is 20.3. The molecule has 150 valence electrons. The topological polar surface area (TPSA) is 72.9 Å². The molecule has 6 nitrogen and oxygen atoms in total. The van der Waals surface area contributed by atoms with Crippen molar-refractivity contribution in [3.05, 3.63) is 78.4 Å². The number of nitrogens with zero attached hydrogens (tertiary/aromatic N) is 1. The second-order valence-electron chi connectivity index (χ2n) is 7.33. The number of carbonyl (C=O) groups is 3. The van der Waals surface area contributed by atoms with E-state index in [1.807, 2.05) is 44.2 Å². The lowest BCUT2D eigenvalue weighted by molar-refractivity contribution is -0.144. The molecule has 29 heavy (non-hydrogen) atoms.